The van der Waals surface area contributed by atoms with Gasteiger partial charge < -0.3 is 9.47 Å². The molecule has 0 bridgehead atoms. The van der Waals surface area contributed by atoms with Crippen molar-refractivity contribution in [2.75, 3.05) is 13.1 Å². The van der Waals surface area contributed by atoms with Crippen molar-refractivity contribution < 1.29 is 4.79 Å². The van der Waals surface area contributed by atoms with E-state index >= 15 is 0 Å². The highest BCUT2D eigenvalue weighted by Crippen LogP contribution is 2.26. The SMILES string of the molecule is O=C(CCn1cnc2ccccc21)N1CC[C@@H](c2ccn[nH]2)C1. The number of nitrogens with one attached hydrogen (secondary N) is 1. The molecular formula is C17H19N5O. The van der Waals surface area contributed by atoms with Crippen molar-refractivity contribution in [3.8, 4) is 0 Å². The lowest BCUT2D eigenvalue weighted by atomic mass is 10.1. The Balaban J connectivity index is 1.37. The van der Waals surface area contributed by atoms with E-state index < -0.39 is 0 Å². The Morgan fingerprint density at radius 3 is 3.09 bits per heavy atom. The van der Waals surface area contributed by atoms with Gasteiger partial charge >= 0.3 is 0 Å². The summed E-state index contributed by atoms with van der Waals surface area (Å²) in [5.41, 5.74) is 3.18. The number of benzene rings is 1. The summed E-state index contributed by atoms with van der Waals surface area (Å²) in [4.78, 5) is 18.8. The Bertz CT molecular complexity index is 807. The third-order valence-corrected chi connectivity index (χ3v) is 4.60. The van der Waals surface area contributed by atoms with E-state index in [1.54, 1.807) is 6.20 Å². The zero-order chi connectivity index (χ0) is 15.6. The average Bonchev–Trinajstić information content (AvgIpc) is 3.31. The van der Waals surface area contributed by atoms with Crippen LogP contribution in [0.4, 0.5) is 0 Å². The number of amides is 1. The molecule has 1 saturated heterocycles. The number of nitrogens with zero attached hydrogens (tertiary/aromatic N) is 4. The van der Waals surface area contributed by atoms with Crippen molar-refractivity contribution in [3.63, 3.8) is 0 Å². The van der Waals surface area contributed by atoms with Crippen LogP contribution < -0.4 is 0 Å². The van der Waals surface area contributed by atoms with Crippen molar-refractivity contribution in [3.05, 3.63) is 48.5 Å². The second-order valence-corrected chi connectivity index (χ2v) is 6.01. The molecule has 1 aromatic carbocycles. The van der Waals surface area contributed by atoms with Gasteiger partial charge in [0, 0.05) is 43.9 Å². The first kappa shape index (κ1) is 14.0. The molecule has 4 rings (SSSR count). The molecular weight excluding hydrogens is 290 g/mol. The number of para-hydroxylation sites is 2. The lowest BCUT2D eigenvalue weighted by Crippen LogP contribution is -2.29. The van der Waals surface area contributed by atoms with E-state index in [2.05, 4.69) is 19.7 Å². The molecule has 1 N–H and O–H groups in total. The van der Waals surface area contributed by atoms with Gasteiger partial charge in [-0.05, 0) is 24.6 Å². The highest BCUT2D eigenvalue weighted by Gasteiger charge is 2.27. The summed E-state index contributed by atoms with van der Waals surface area (Å²) in [6.45, 7) is 2.28. The van der Waals surface area contributed by atoms with Gasteiger partial charge in [-0.1, -0.05) is 12.1 Å². The minimum Gasteiger partial charge on any atom is -0.342 e. The second-order valence-electron chi connectivity index (χ2n) is 6.01. The van der Waals surface area contributed by atoms with Crippen LogP contribution in [0, 0.1) is 0 Å². The normalized spacial score (nSPS) is 17.9. The number of hydrogen-bond acceptors (Lipinski definition) is 3. The molecule has 3 heterocycles. The Kier molecular flexibility index (Phi) is 3.57. The van der Waals surface area contributed by atoms with E-state index in [-0.39, 0.29) is 5.91 Å². The lowest BCUT2D eigenvalue weighted by molar-refractivity contribution is -0.130. The summed E-state index contributed by atoms with van der Waals surface area (Å²) < 4.78 is 2.05. The first-order valence-electron chi connectivity index (χ1n) is 7.98. The van der Waals surface area contributed by atoms with Gasteiger partial charge in [0.1, 0.15) is 0 Å². The van der Waals surface area contributed by atoms with Crippen LogP contribution >= 0.6 is 0 Å². The van der Waals surface area contributed by atoms with E-state index in [0.29, 0.717) is 18.9 Å². The van der Waals surface area contributed by atoms with Gasteiger partial charge in [0.15, 0.2) is 0 Å². The number of likely N-dealkylation sites (tertiary alicyclic amines) is 1. The fourth-order valence-corrected chi connectivity index (χ4v) is 3.30. The van der Waals surface area contributed by atoms with Crippen LogP contribution in [0.2, 0.25) is 0 Å². The predicted octanol–water partition coefficient (Wildman–Crippen LogP) is 2.17. The maximum Gasteiger partial charge on any atom is 0.224 e. The monoisotopic (exact) mass is 309 g/mol. The highest BCUT2D eigenvalue weighted by molar-refractivity contribution is 5.78. The van der Waals surface area contributed by atoms with Crippen LogP contribution in [0.15, 0.2) is 42.9 Å². The van der Waals surface area contributed by atoms with Gasteiger partial charge in [0.2, 0.25) is 5.91 Å². The van der Waals surface area contributed by atoms with Crippen LogP contribution in [-0.4, -0.2) is 43.6 Å². The zero-order valence-electron chi connectivity index (χ0n) is 12.9. The molecule has 6 heteroatoms. The number of carbonyl (C=O) groups excluding carboxylic acids is 1. The predicted molar refractivity (Wildman–Crippen MR) is 86.9 cm³/mol. The number of aromatic nitrogens is 4. The Morgan fingerprint density at radius 2 is 2.22 bits per heavy atom. The summed E-state index contributed by atoms with van der Waals surface area (Å²) in [6.07, 6.45) is 5.09. The van der Waals surface area contributed by atoms with E-state index in [1.165, 1.54) is 0 Å². The topological polar surface area (TPSA) is 66.8 Å². The van der Waals surface area contributed by atoms with Crippen LogP contribution in [0.3, 0.4) is 0 Å². The maximum atomic E-state index is 12.5. The Morgan fingerprint density at radius 1 is 1.30 bits per heavy atom. The molecule has 0 saturated carbocycles. The third kappa shape index (κ3) is 2.72. The second kappa shape index (κ2) is 5.87. The molecule has 1 aliphatic heterocycles. The number of aryl methyl sites for hydroxylation is 1. The van der Waals surface area contributed by atoms with Gasteiger partial charge in [0.25, 0.3) is 0 Å². The Labute approximate surface area is 134 Å². The summed E-state index contributed by atoms with van der Waals surface area (Å²) >= 11 is 0. The van der Waals surface area contributed by atoms with E-state index in [4.69, 9.17) is 0 Å². The molecule has 2 aromatic heterocycles. The van der Waals surface area contributed by atoms with E-state index in [0.717, 1.165) is 36.2 Å². The fourth-order valence-electron chi connectivity index (χ4n) is 3.30. The first-order chi connectivity index (χ1) is 11.3. The van der Waals surface area contributed by atoms with Crippen LogP contribution in [0.5, 0.6) is 0 Å². The quantitative estimate of drug-likeness (QED) is 0.803. The van der Waals surface area contributed by atoms with E-state index in [1.807, 2.05) is 41.6 Å². The van der Waals surface area contributed by atoms with Crippen molar-refractivity contribution in [1.29, 1.82) is 0 Å². The van der Waals surface area contributed by atoms with Gasteiger partial charge in [-0.25, -0.2) is 4.98 Å². The molecule has 1 amide bonds. The summed E-state index contributed by atoms with van der Waals surface area (Å²) in [7, 11) is 0. The number of H-pyrrole nitrogens is 1. The molecule has 0 aliphatic carbocycles. The van der Waals surface area contributed by atoms with Gasteiger partial charge in [-0.15, -0.1) is 0 Å². The van der Waals surface area contributed by atoms with Gasteiger partial charge in [-0.2, -0.15) is 5.10 Å². The highest BCUT2D eigenvalue weighted by atomic mass is 16.2. The number of hydrogen-bond donors (Lipinski definition) is 1. The third-order valence-electron chi connectivity index (χ3n) is 4.60. The number of carbonyl (C=O) groups is 1. The molecule has 118 valence electrons. The molecule has 6 nitrogen and oxygen atoms in total. The molecule has 1 atom stereocenters. The van der Waals surface area contributed by atoms with Crippen molar-refractivity contribution in [2.24, 2.45) is 0 Å². The molecule has 1 aliphatic rings. The van der Waals surface area contributed by atoms with E-state index in [9.17, 15) is 4.79 Å². The summed E-state index contributed by atoms with van der Waals surface area (Å²) in [6, 6.07) is 10.00. The minimum atomic E-state index is 0.213. The van der Waals surface area contributed by atoms with Crippen LogP contribution in [0.1, 0.15) is 24.5 Å². The van der Waals surface area contributed by atoms with Crippen LogP contribution in [-0.2, 0) is 11.3 Å². The van der Waals surface area contributed by atoms with Crippen molar-refractivity contribution >= 4 is 16.9 Å². The number of aromatic amines is 1. The maximum absolute atomic E-state index is 12.5. The standard InChI is InChI=1S/C17H19N5O/c23-17(21-9-6-13(11-21)14-5-8-19-20-14)7-10-22-12-18-15-3-1-2-4-16(15)22/h1-5,8,12-13H,6-7,9-11H2,(H,19,20)/t13-/m1/s1. The molecule has 1 fully saturated rings. The summed E-state index contributed by atoms with van der Waals surface area (Å²) in [5, 5.41) is 7.01. The summed E-state index contributed by atoms with van der Waals surface area (Å²) in [5.74, 6) is 0.598. The van der Waals surface area contributed by atoms with Crippen molar-refractivity contribution in [2.45, 2.75) is 25.3 Å². The van der Waals surface area contributed by atoms with Crippen LogP contribution in [0.25, 0.3) is 11.0 Å². The molecule has 3 aromatic rings. The largest absolute Gasteiger partial charge is 0.342 e. The minimum absolute atomic E-state index is 0.213. The molecule has 23 heavy (non-hydrogen) atoms. The van der Waals surface area contributed by atoms with Crippen molar-refractivity contribution in [1.82, 2.24) is 24.6 Å². The van der Waals surface area contributed by atoms with Gasteiger partial charge in [0.05, 0.1) is 17.4 Å². The smallest absolute Gasteiger partial charge is 0.224 e. The van der Waals surface area contributed by atoms with Gasteiger partial charge in [-0.3, -0.25) is 9.89 Å². The zero-order valence-corrected chi connectivity index (χ0v) is 12.9. The fraction of sp³-hybridized carbons (Fsp3) is 0.353. The number of imidazole rings is 1. The average molecular weight is 309 g/mol. The number of fused-ring (bicyclic) bond motifs is 1. The first-order valence-corrected chi connectivity index (χ1v) is 7.98. The molecule has 0 unspecified atom stereocenters. The number of rotatable bonds is 4. The lowest BCUT2D eigenvalue weighted by Gasteiger charge is -2.16. The molecule has 0 radical (unpaired) electrons. The molecule has 0 spiro atoms. The Hall–Kier alpha value is -2.63.